The van der Waals surface area contributed by atoms with Gasteiger partial charge in [-0.25, -0.2) is 0 Å². The van der Waals surface area contributed by atoms with Gasteiger partial charge in [0, 0.05) is 5.69 Å². The molecule has 0 saturated heterocycles. The van der Waals surface area contributed by atoms with Gasteiger partial charge >= 0.3 is 0 Å². The fraction of sp³-hybridized carbons (Fsp3) is 0.304. The fourth-order valence-corrected chi connectivity index (χ4v) is 2.53. The van der Waals surface area contributed by atoms with Crippen molar-refractivity contribution < 1.29 is 9.53 Å². The molecule has 0 aliphatic carbocycles. The van der Waals surface area contributed by atoms with Crippen LogP contribution < -0.4 is 10.1 Å². The summed E-state index contributed by atoms with van der Waals surface area (Å²) in [5, 5.41) is 12.1. The highest BCUT2D eigenvalue weighted by atomic mass is 16.5. The first-order valence-electron chi connectivity index (χ1n) is 9.41. The van der Waals surface area contributed by atoms with E-state index >= 15 is 0 Å². The SMILES string of the molecule is CCCCc1ccc(NC(=O)/C(C#N)=C/c2ccc(OCCC)cc2)cc1. The Morgan fingerprint density at radius 1 is 1.07 bits per heavy atom. The summed E-state index contributed by atoms with van der Waals surface area (Å²) >= 11 is 0. The van der Waals surface area contributed by atoms with E-state index in [1.807, 2.05) is 61.5 Å². The van der Waals surface area contributed by atoms with Crippen LogP contribution in [0.1, 0.15) is 44.2 Å². The zero-order chi connectivity index (χ0) is 19.5. The minimum Gasteiger partial charge on any atom is -0.494 e. The first-order valence-corrected chi connectivity index (χ1v) is 9.41. The highest BCUT2D eigenvalue weighted by molar-refractivity contribution is 6.09. The average Bonchev–Trinajstić information content (AvgIpc) is 2.70. The molecule has 140 valence electrons. The molecule has 0 bridgehead atoms. The van der Waals surface area contributed by atoms with E-state index in [0.29, 0.717) is 12.3 Å². The summed E-state index contributed by atoms with van der Waals surface area (Å²) in [6, 6.07) is 17.1. The lowest BCUT2D eigenvalue weighted by molar-refractivity contribution is -0.112. The van der Waals surface area contributed by atoms with Crippen molar-refractivity contribution in [2.45, 2.75) is 39.5 Å². The molecule has 0 fully saturated rings. The Bertz CT molecular complexity index is 800. The maximum atomic E-state index is 12.4. The Labute approximate surface area is 161 Å². The number of nitrogens with zero attached hydrogens (tertiary/aromatic N) is 1. The molecule has 1 N–H and O–H groups in total. The lowest BCUT2D eigenvalue weighted by atomic mass is 10.1. The molecule has 2 aromatic carbocycles. The lowest BCUT2D eigenvalue weighted by Gasteiger charge is -2.07. The number of hydrogen-bond donors (Lipinski definition) is 1. The van der Waals surface area contributed by atoms with Crippen LogP contribution in [0.15, 0.2) is 54.1 Å². The molecule has 27 heavy (non-hydrogen) atoms. The zero-order valence-corrected chi connectivity index (χ0v) is 16.0. The van der Waals surface area contributed by atoms with E-state index in [9.17, 15) is 10.1 Å². The van der Waals surface area contributed by atoms with Crippen LogP contribution in [0.25, 0.3) is 6.08 Å². The van der Waals surface area contributed by atoms with Gasteiger partial charge in [0.05, 0.1) is 6.61 Å². The maximum absolute atomic E-state index is 12.4. The molecule has 0 aliphatic rings. The molecule has 0 unspecified atom stereocenters. The van der Waals surface area contributed by atoms with Crippen molar-refractivity contribution in [1.29, 1.82) is 5.26 Å². The number of unbranched alkanes of at least 4 members (excludes halogenated alkanes) is 1. The van der Waals surface area contributed by atoms with Crippen LogP contribution >= 0.6 is 0 Å². The number of anilines is 1. The number of carbonyl (C=O) groups is 1. The summed E-state index contributed by atoms with van der Waals surface area (Å²) in [5.74, 6) is 0.366. The summed E-state index contributed by atoms with van der Waals surface area (Å²) in [4.78, 5) is 12.4. The van der Waals surface area contributed by atoms with Crippen LogP contribution in [0.2, 0.25) is 0 Å². The molecule has 0 heterocycles. The van der Waals surface area contributed by atoms with E-state index in [2.05, 4.69) is 12.2 Å². The number of ether oxygens (including phenoxy) is 1. The number of hydrogen-bond acceptors (Lipinski definition) is 3. The molecular formula is C23H26N2O2. The van der Waals surface area contributed by atoms with Crippen molar-refractivity contribution in [3.8, 4) is 11.8 Å². The summed E-state index contributed by atoms with van der Waals surface area (Å²) in [7, 11) is 0. The van der Waals surface area contributed by atoms with Gasteiger partial charge in [-0.1, -0.05) is 44.5 Å². The van der Waals surface area contributed by atoms with Gasteiger partial charge in [0.1, 0.15) is 17.4 Å². The number of aryl methyl sites for hydroxylation is 1. The van der Waals surface area contributed by atoms with E-state index in [1.165, 1.54) is 5.56 Å². The Hall–Kier alpha value is -3.06. The van der Waals surface area contributed by atoms with Crippen LogP contribution in [0, 0.1) is 11.3 Å². The van der Waals surface area contributed by atoms with Crippen LogP contribution in [0.5, 0.6) is 5.75 Å². The minimum atomic E-state index is -0.412. The largest absolute Gasteiger partial charge is 0.494 e. The molecule has 2 rings (SSSR count). The molecule has 0 atom stereocenters. The molecular weight excluding hydrogens is 336 g/mol. The summed E-state index contributed by atoms with van der Waals surface area (Å²) in [5.41, 5.74) is 2.77. The van der Waals surface area contributed by atoms with Gasteiger partial charge in [-0.3, -0.25) is 4.79 Å². The fourth-order valence-electron chi connectivity index (χ4n) is 2.53. The number of nitrogens with one attached hydrogen (secondary N) is 1. The van der Waals surface area contributed by atoms with Gasteiger partial charge in [0.2, 0.25) is 0 Å². The lowest BCUT2D eigenvalue weighted by Crippen LogP contribution is -2.13. The monoisotopic (exact) mass is 362 g/mol. The van der Waals surface area contributed by atoms with Crippen LogP contribution in [-0.2, 0) is 11.2 Å². The van der Waals surface area contributed by atoms with Gasteiger partial charge in [0.25, 0.3) is 5.91 Å². The highest BCUT2D eigenvalue weighted by Gasteiger charge is 2.09. The van der Waals surface area contributed by atoms with Crippen molar-refractivity contribution in [2.75, 3.05) is 11.9 Å². The smallest absolute Gasteiger partial charge is 0.266 e. The zero-order valence-electron chi connectivity index (χ0n) is 16.0. The molecule has 1 amide bonds. The van der Waals surface area contributed by atoms with Gasteiger partial charge in [-0.15, -0.1) is 0 Å². The van der Waals surface area contributed by atoms with E-state index in [4.69, 9.17) is 4.74 Å². The predicted octanol–water partition coefficient (Wildman–Crippen LogP) is 5.36. The second kappa shape index (κ2) is 10.8. The maximum Gasteiger partial charge on any atom is 0.266 e. The molecule has 4 heteroatoms. The number of carbonyl (C=O) groups excluding carboxylic acids is 1. The molecule has 2 aromatic rings. The van der Waals surface area contributed by atoms with Crippen molar-refractivity contribution in [3.05, 3.63) is 65.2 Å². The van der Waals surface area contributed by atoms with Gasteiger partial charge < -0.3 is 10.1 Å². The normalized spacial score (nSPS) is 10.9. The van der Waals surface area contributed by atoms with Gasteiger partial charge in [-0.05, 0) is 60.7 Å². The number of benzene rings is 2. The topological polar surface area (TPSA) is 62.1 Å². The number of amides is 1. The van der Waals surface area contributed by atoms with Crippen molar-refractivity contribution >= 4 is 17.7 Å². The van der Waals surface area contributed by atoms with E-state index in [0.717, 1.165) is 37.0 Å². The summed E-state index contributed by atoms with van der Waals surface area (Å²) in [6.07, 6.45) is 5.86. The highest BCUT2D eigenvalue weighted by Crippen LogP contribution is 2.16. The van der Waals surface area contributed by atoms with Gasteiger partial charge in [0.15, 0.2) is 0 Å². The Balaban J connectivity index is 2.02. The average molecular weight is 362 g/mol. The van der Waals surface area contributed by atoms with E-state index in [1.54, 1.807) is 6.08 Å². The first kappa shape index (κ1) is 20.3. The van der Waals surface area contributed by atoms with Crippen molar-refractivity contribution in [2.24, 2.45) is 0 Å². The van der Waals surface area contributed by atoms with Crippen molar-refractivity contribution in [3.63, 3.8) is 0 Å². The molecule has 0 saturated carbocycles. The molecule has 0 aliphatic heterocycles. The third kappa shape index (κ3) is 6.63. The van der Waals surface area contributed by atoms with Crippen LogP contribution in [0.4, 0.5) is 5.69 Å². The third-order valence-electron chi connectivity index (χ3n) is 4.06. The van der Waals surface area contributed by atoms with Gasteiger partial charge in [-0.2, -0.15) is 5.26 Å². The van der Waals surface area contributed by atoms with E-state index in [-0.39, 0.29) is 5.57 Å². The van der Waals surface area contributed by atoms with E-state index < -0.39 is 5.91 Å². The second-order valence-electron chi connectivity index (χ2n) is 6.34. The molecule has 0 radical (unpaired) electrons. The number of rotatable bonds is 9. The standard InChI is InChI=1S/C23H26N2O2/c1-3-5-6-18-7-11-21(12-8-18)25-23(26)20(17-24)16-19-9-13-22(14-10-19)27-15-4-2/h7-14,16H,3-6,15H2,1-2H3,(H,25,26)/b20-16+. The summed E-state index contributed by atoms with van der Waals surface area (Å²) in [6.45, 7) is 4.88. The van der Waals surface area contributed by atoms with Crippen LogP contribution in [-0.4, -0.2) is 12.5 Å². The van der Waals surface area contributed by atoms with Crippen molar-refractivity contribution in [1.82, 2.24) is 0 Å². The summed E-state index contributed by atoms with van der Waals surface area (Å²) < 4.78 is 5.54. The molecule has 0 spiro atoms. The quantitative estimate of drug-likeness (QED) is 0.482. The Morgan fingerprint density at radius 3 is 2.37 bits per heavy atom. The first-order chi connectivity index (χ1) is 13.2. The minimum absolute atomic E-state index is 0.0623. The Morgan fingerprint density at radius 2 is 1.78 bits per heavy atom. The molecule has 4 nitrogen and oxygen atoms in total. The second-order valence-corrected chi connectivity index (χ2v) is 6.34. The Kier molecular flexibility index (Phi) is 8.12. The van der Waals surface area contributed by atoms with Crippen LogP contribution in [0.3, 0.4) is 0 Å². The molecule has 0 aromatic heterocycles. The predicted molar refractivity (Wildman–Crippen MR) is 110 cm³/mol. The number of nitriles is 1. The third-order valence-corrected chi connectivity index (χ3v) is 4.06.